The summed E-state index contributed by atoms with van der Waals surface area (Å²) in [4.78, 5) is 11.9. The van der Waals surface area contributed by atoms with Gasteiger partial charge in [0.2, 0.25) is 0 Å². The second kappa shape index (κ2) is 10.3. The van der Waals surface area contributed by atoms with Crippen LogP contribution in [0.1, 0.15) is 34.7 Å². The fourth-order valence-corrected chi connectivity index (χ4v) is 3.77. The standard InChI is InChI=1S/C24H29N5O2/c1-27-15-18(13-25)16-7-8-19-20(11-16)22(9-10-28-23(19)14-26)29-21-6-4-3-5-17(21)12-24(30)31-2/h3-8,11,13-15,22,25,27-29H,9-10,12,26H2,1-2H3/b18-15+,23-14-,25-13?. The number of hydrogen-bond donors (Lipinski definition) is 5. The van der Waals surface area contributed by atoms with E-state index in [1.807, 2.05) is 43.4 Å². The Morgan fingerprint density at radius 1 is 1.32 bits per heavy atom. The second-order valence-electron chi connectivity index (χ2n) is 7.24. The van der Waals surface area contributed by atoms with Gasteiger partial charge in [0, 0.05) is 49.0 Å². The normalized spacial score (nSPS) is 17.2. The van der Waals surface area contributed by atoms with E-state index in [-0.39, 0.29) is 18.4 Å². The highest BCUT2D eigenvalue weighted by Gasteiger charge is 2.23. The number of ether oxygens (including phenoxy) is 1. The predicted molar refractivity (Wildman–Crippen MR) is 126 cm³/mol. The molecule has 7 heteroatoms. The van der Waals surface area contributed by atoms with Crippen LogP contribution in [0.3, 0.4) is 0 Å². The van der Waals surface area contributed by atoms with Gasteiger partial charge >= 0.3 is 5.97 Å². The first-order valence-electron chi connectivity index (χ1n) is 10.2. The van der Waals surface area contributed by atoms with Crippen molar-refractivity contribution in [2.45, 2.75) is 18.9 Å². The summed E-state index contributed by atoms with van der Waals surface area (Å²) in [6.45, 7) is 0.744. The lowest BCUT2D eigenvalue weighted by molar-refractivity contribution is -0.139. The molecule has 0 aromatic heterocycles. The van der Waals surface area contributed by atoms with Crippen molar-refractivity contribution >= 4 is 29.1 Å². The number of hydrogen-bond acceptors (Lipinski definition) is 7. The lowest BCUT2D eigenvalue weighted by Crippen LogP contribution is -2.16. The zero-order valence-corrected chi connectivity index (χ0v) is 17.9. The van der Waals surface area contributed by atoms with E-state index in [0.29, 0.717) is 0 Å². The summed E-state index contributed by atoms with van der Waals surface area (Å²) in [5, 5.41) is 17.8. The monoisotopic (exact) mass is 419 g/mol. The fraction of sp³-hybridized carbons (Fsp3) is 0.250. The molecule has 0 radical (unpaired) electrons. The van der Waals surface area contributed by atoms with Crippen molar-refractivity contribution in [3.8, 4) is 0 Å². The van der Waals surface area contributed by atoms with Crippen LogP contribution in [0.4, 0.5) is 5.69 Å². The molecule has 162 valence electrons. The molecule has 1 atom stereocenters. The maximum absolute atomic E-state index is 11.9. The van der Waals surface area contributed by atoms with Crippen molar-refractivity contribution in [1.29, 1.82) is 5.41 Å². The smallest absolute Gasteiger partial charge is 0.310 e. The Bertz CT molecular complexity index is 1010. The van der Waals surface area contributed by atoms with Crippen molar-refractivity contribution in [2.75, 3.05) is 26.0 Å². The largest absolute Gasteiger partial charge is 0.469 e. The molecule has 0 saturated heterocycles. The van der Waals surface area contributed by atoms with Gasteiger partial charge in [-0.05, 0) is 35.2 Å². The van der Waals surface area contributed by atoms with E-state index in [9.17, 15) is 4.79 Å². The van der Waals surface area contributed by atoms with Crippen LogP contribution in [0.2, 0.25) is 0 Å². The average Bonchev–Trinajstić information content (AvgIpc) is 2.97. The van der Waals surface area contributed by atoms with Gasteiger partial charge in [-0.2, -0.15) is 0 Å². The fourth-order valence-electron chi connectivity index (χ4n) is 3.77. The minimum Gasteiger partial charge on any atom is -0.469 e. The third kappa shape index (κ3) is 5.06. The number of carbonyl (C=O) groups is 1. The number of methoxy groups -OCH3 is 1. The van der Waals surface area contributed by atoms with E-state index >= 15 is 0 Å². The summed E-state index contributed by atoms with van der Waals surface area (Å²) >= 11 is 0. The number of rotatable bonds is 7. The summed E-state index contributed by atoms with van der Waals surface area (Å²) in [6, 6.07) is 13.9. The molecule has 0 saturated carbocycles. The number of anilines is 1. The van der Waals surface area contributed by atoms with Crippen LogP contribution in [0.15, 0.2) is 54.9 Å². The molecule has 31 heavy (non-hydrogen) atoms. The Labute approximate surface area is 182 Å². The lowest BCUT2D eigenvalue weighted by atomic mass is 9.93. The van der Waals surface area contributed by atoms with Gasteiger partial charge in [0.25, 0.3) is 0 Å². The van der Waals surface area contributed by atoms with Crippen molar-refractivity contribution in [2.24, 2.45) is 5.73 Å². The highest BCUT2D eigenvalue weighted by atomic mass is 16.5. The Hall–Kier alpha value is -3.74. The van der Waals surface area contributed by atoms with Crippen LogP contribution >= 0.6 is 0 Å². The maximum Gasteiger partial charge on any atom is 0.310 e. The van der Waals surface area contributed by atoms with E-state index in [1.165, 1.54) is 13.3 Å². The van der Waals surface area contributed by atoms with Crippen molar-refractivity contribution in [1.82, 2.24) is 10.6 Å². The number of carbonyl (C=O) groups excluding carboxylic acids is 1. The zero-order chi connectivity index (χ0) is 22.2. The average molecular weight is 420 g/mol. The molecule has 0 spiro atoms. The Balaban J connectivity index is 2.04. The molecule has 1 aliphatic heterocycles. The lowest BCUT2D eigenvalue weighted by Gasteiger charge is -2.23. The molecule has 6 N–H and O–H groups in total. The number of para-hydroxylation sites is 1. The van der Waals surface area contributed by atoms with Crippen molar-refractivity contribution < 1.29 is 9.53 Å². The summed E-state index contributed by atoms with van der Waals surface area (Å²) in [5.74, 6) is -0.277. The van der Waals surface area contributed by atoms with E-state index < -0.39 is 0 Å². The Morgan fingerprint density at radius 3 is 2.84 bits per heavy atom. The van der Waals surface area contributed by atoms with Crippen LogP contribution < -0.4 is 21.7 Å². The molecule has 0 fully saturated rings. The van der Waals surface area contributed by atoms with Gasteiger partial charge in [0.05, 0.1) is 25.3 Å². The molecule has 2 aromatic rings. The topological polar surface area (TPSA) is 112 Å². The molecular weight excluding hydrogens is 390 g/mol. The zero-order valence-electron chi connectivity index (χ0n) is 17.9. The van der Waals surface area contributed by atoms with Crippen molar-refractivity contribution in [3.63, 3.8) is 0 Å². The Morgan fingerprint density at radius 2 is 2.13 bits per heavy atom. The van der Waals surface area contributed by atoms with Crippen LogP contribution in [-0.2, 0) is 16.0 Å². The molecule has 7 nitrogen and oxygen atoms in total. The minimum atomic E-state index is -0.277. The third-order valence-electron chi connectivity index (χ3n) is 5.33. The third-order valence-corrected chi connectivity index (χ3v) is 5.33. The van der Waals surface area contributed by atoms with Crippen LogP contribution in [-0.4, -0.2) is 32.9 Å². The van der Waals surface area contributed by atoms with Crippen LogP contribution in [0.25, 0.3) is 11.3 Å². The second-order valence-corrected chi connectivity index (χ2v) is 7.24. The predicted octanol–water partition coefficient (Wildman–Crippen LogP) is 3.02. The van der Waals surface area contributed by atoms with E-state index in [4.69, 9.17) is 15.9 Å². The van der Waals surface area contributed by atoms with Crippen molar-refractivity contribution in [3.05, 3.63) is 77.1 Å². The summed E-state index contributed by atoms with van der Waals surface area (Å²) in [5.41, 5.74) is 12.4. The maximum atomic E-state index is 11.9. The molecule has 3 rings (SSSR count). The van der Waals surface area contributed by atoms with Gasteiger partial charge in [0.15, 0.2) is 0 Å². The van der Waals surface area contributed by atoms with Gasteiger partial charge in [0.1, 0.15) is 0 Å². The summed E-state index contributed by atoms with van der Waals surface area (Å²) < 4.78 is 4.85. The van der Waals surface area contributed by atoms with Gasteiger partial charge in [-0.15, -0.1) is 0 Å². The van der Waals surface area contributed by atoms with E-state index in [0.717, 1.165) is 52.2 Å². The van der Waals surface area contributed by atoms with Gasteiger partial charge < -0.3 is 31.8 Å². The molecule has 1 aliphatic rings. The molecule has 0 amide bonds. The van der Waals surface area contributed by atoms with Gasteiger partial charge in [-0.1, -0.05) is 30.3 Å². The summed E-state index contributed by atoms with van der Waals surface area (Å²) in [6.07, 6.45) is 5.75. The molecule has 1 unspecified atom stereocenters. The van der Waals surface area contributed by atoms with Gasteiger partial charge in [-0.25, -0.2) is 0 Å². The highest BCUT2D eigenvalue weighted by Crippen LogP contribution is 2.34. The van der Waals surface area contributed by atoms with Crippen LogP contribution in [0.5, 0.6) is 0 Å². The molecule has 2 aromatic carbocycles. The molecule has 0 bridgehead atoms. The number of esters is 1. The first-order chi connectivity index (χ1) is 15.1. The first kappa shape index (κ1) is 22.0. The summed E-state index contributed by atoms with van der Waals surface area (Å²) in [7, 11) is 3.21. The SMILES string of the molecule is CN/C=C(\C=N)c1ccc2c(c1)C(Nc1ccccc1CC(=O)OC)CCN/C2=C\N. The molecule has 0 aliphatic carbocycles. The van der Waals surface area contributed by atoms with Crippen LogP contribution in [0, 0.1) is 5.41 Å². The van der Waals surface area contributed by atoms with E-state index in [2.05, 4.69) is 22.0 Å². The number of allylic oxidation sites excluding steroid dienone is 1. The number of fused-ring (bicyclic) bond motifs is 1. The van der Waals surface area contributed by atoms with Gasteiger partial charge in [-0.3, -0.25) is 4.79 Å². The van der Waals surface area contributed by atoms with E-state index in [1.54, 1.807) is 12.4 Å². The molecular formula is C24H29N5O2. The Kier molecular flexibility index (Phi) is 7.32. The molecule has 1 heterocycles. The quantitative estimate of drug-likeness (QED) is 0.348. The first-order valence-corrected chi connectivity index (χ1v) is 10.2. The number of nitrogens with two attached hydrogens (primary N) is 1. The number of nitrogens with one attached hydrogen (secondary N) is 4. The highest BCUT2D eigenvalue weighted by molar-refractivity contribution is 6.08. The number of benzene rings is 2. The minimum absolute atomic E-state index is 0.0136.